The number of para-hydroxylation sites is 1. The molecule has 23 heavy (non-hydrogen) atoms. The topological polar surface area (TPSA) is 34.9 Å². The summed E-state index contributed by atoms with van der Waals surface area (Å²) in [6, 6.07) is 9.32. The van der Waals surface area contributed by atoms with Crippen LogP contribution in [-0.2, 0) is 0 Å². The Kier molecular flexibility index (Phi) is 3.72. The first-order valence-corrected chi connectivity index (χ1v) is 7.38. The van der Waals surface area contributed by atoms with Gasteiger partial charge in [0.2, 0.25) is 0 Å². The van der Waals surface area contributed by atoms with Gasteiger partial charge >= 0.3 is 0 Å². The molecule has 0 saturated heterocycles. The molecular weight excluding hydrogens is 298 g/mol. The summed E-state index contributed by atoms with van der Waals surface area (Å²) in [4.78, 5) is 12.7. The number of nitrogens with zero attached hydrogens (tertiary/aromatic N) is 2. The maximum absolute atomic E-state index is 13.6. The van der Waals surface area contributed by atoms with Crippen molar-refractivity contribution in [3.05, 3.63) is 69.6 Å². The molecule has 0 spiro atoms. The quantitative estimate of drug-likeness (QED) is 0.714. The second kappa shape index (κ2) is 5.57. The van der Waals surface area contributed by atoms with E-state index in [4.69, 9.17) is 0 Å². The maximum Gasteiger partial charge on any atom is 0.279 e. The predicted octanol–water partition coefficient (Wildman–Crippen LogP) is 4.10. The molecule has 0 fully saturated rings. The Morgan fingerprint density at radius 2 is 1.65 bits per heavy atom. The van der Waals surface area contributed by atoms with E-state index in [1.807, 2.05) is 32.9 Å². The number of hydrogen-bond donors (Lipinski definition) is 0. The van der Waals surface area contributed by atoms with Crippen LogP contribution in [0.25, 0.3) is 16.5 Å². The molecule has 0 atom stereocenters. The van der Waals surface area contributed by atoms with E-state index in [0.717, 1.165) is 17.7 Å². The Balaban J connectivity index is 2.46. The van der Waals surface area contributed by atoms with Crippen LogP contribution in [0.15, 0.2) is 41.2 Å². The lowest BCUT2D eigenvalue weighted by atomic mass is 10.0. The zero-order valence-electron chi connectivity index (χ0n) is 13.1. The summed E-state index contributed by atoms with van der Waals surface area (Å²) in [5.41, 5.74) is 1.60. The largest absolute Gasteiger partial charge is 0.279 e. The molecule has 3 rings (SSSR count). The molecule has 3 aromatic rings. The molecule has 3 nitrogen and oxygen atoms in total. The summed E-state index contributed by atoms with van der Waals surface area (Å²) in [7, 11) is 0. The van der Waals surface area contributed by atoms with Gasteiger partial charge in [-0.25, -0.2) is 8.78 Å². The third kappa shape index (κ3) is 2.52. The summed E-state index contributed by atoms with van der Waals surface area (Å²) < 4.78 is 28.5. The van der Waals surface area contributed by atoms with Gasteiger partial charge in [0.25, 0.3) is 5.56 Å². The minimum atomic E-state index is -1.04. The van der Waals surface area contributed by atoms with Gasteiger partial charge in [-0.2, -0.15) is 9.78 Å². The molecule has 0 unspecified atom stereocenters. The first kappa shape index (κ1) is 15.3. The maximum atomic E-state index is 13.6. The second-order valence-corrected chi connectivity index (χ2v) is 5.86. The van der Waals surface area contributed by atoms with Gasteiger partial charge in [-0.3, -0.25) is 4.79 Å². The third-order valence-corrected chi connectivity index (χ3v) is 3.86. The van der Waals surface area contributed by atoms with Crippen molar-refractivity contribution < 1.29 is 8.78 Å². The van der Waals surface area contributed by atoms with Gasteiger partial charge < -0.3 is 0 Å². The molecule has 1 aromatic heterocycles. The van der Waals surface area contributed by atoms with Crippen molar-refractivity contribution in [1.29, 1.82) is 0 Å². The molecule has 2 aromatic carbocycles. The average Bonchev–Trinajstić information content (AvgIpc) is 2.50. The van der Waals surface area contributed by atoms with Crippen LogP contribution in [0.4, 0.5) is 8.78 Å². The van der Waals surface area contributed by atoms with Gasteiger partial charge in [0.15, 0.2) is 11.6 Å². The summed E-state index contributed by atoms with van der Waals surface area (Å²) in [6.07, 6.45) is 0. The highest BCUT2D eigenvalue weighted by Gasteiger charge is 2.17. The van der Waals surface area contributed by atoms with E-state index in [1.165, 1.54) is 4.68 Å². The fourth-order valence-corrected chi connectivity index (χ4v) is 2.65. The first-order valence-electron chi connectivity index (χ1n) is 7.38. The molecule has 0 aliphatic carbocycles. The Morgan fingerprint density at radius 1 is 1.04 bits per heavy atom. The normalized spacial score (nSPS) is 11.4. The van der Waals surface area contributed by atoms with E-state index < -0.39 is 17.2 Å². The third-order valence-electron chi connectivity index (χ3n) is 3.86. The van der Waals surface area contributed by atoms with Crippen molar-refractivity contribution in [2.24, 2.45) is 0 Å². The lowest BCUT2D eigenvalue weighted by molar-refractivity contribution is 0.510. The van der Waals surface area contributed by atoms with Gasteiger partial charge in [0.1, 0.15) is 0 Å². The van der Waals surface area contributed by atoms with Gasteiger partial charge in [-0.1, -0.05) is 32.0 Å². The Hall–Kier alpha value is -2.56. The van der Waals surface area contributed by atoms with Crippen LogP contribution < -0.4 is 5.56 Å². The molecule has 0 aliphatic rings. The molecule has 118 valence electrons. The lowest BCUT2D eigenvalue weighted by Gasteiger charge is -2.14. The summed E-state index contributed by atoms with van der Waals surface area (Å²) in [5.74, 6) is -2.06. The SMILES string of the molecule is Cc1ccccc1-n1nc(C(C)C)c2cc(F)c(F)cc2c1=O. The Morgan fingerprint density at radius 3 is 2.26 bits per heavy atom. The van der Waals surface area contributed by atoms with Crippen LogP contribution in [0, 0.1) is 18.6 Å². The fourth-order valence-electron chi connectivity index (χ4n) is 2.65. The van der Waals surface area contributed by atoms with E-state index >= 15 is 0 Å². The van der Waals surface area contributed by atoms with E-state index in [0.29, 0.717) is 16.8 Å². The van der Waals surface area contributed by atoms with Gasteiger partial charge in [0, 0.05) is 5.39 Å². The number of halogens is 2. The second-order valence-electron chi connectivity index (χ2n) is 5.86. The molecule has 0 aliphatic heterocycles. The van der Waals surface area contributed by atoms with Crippen LogP contribution in [-0.4, -0.2) is 9.78 Å². The molecule has 1 heterocycles. The van der Waals surface area contributed by atoms with Gasteiger partial charge in [0.05, 0.1) is 16.8 Å². The monoisotopic (exact) mass is 314 g/mol. The highest BCUT2D eigenvalue weighted by Crippen LogP contribution is 2.24. The number of rotatable bonds is 2. The smallest absolute Gasteiger partial charge is 0.267 e. The van der Waals surface area contributed by atoms with E-state index in [-0.39, 0.29) is 11.3 Å². The number of fused-ring (bicyclic) bond motifs is 1. The first-order chi connectivity index (χ1) is 10.9. The lowest BCUT2D eigenvalue weighted by Crippen LogP contribution is -2.24. The van der Waals surface area contributed by atoms with E-state index in [1.54, 1.807) is 12.1 Å². The van der Waals surface area contributed by atoms with E-state index in [9.17, 15) is 13.6 Å². The molecule has 0 N–H and O–H groups in total. The van der Waals surface area contributed by atoms with E-state index in [2.05, 4.69) is 5.10 Å². The fraction of sp³-hybridized carbons (Fsp3) is 0.222. The van der Waals surface area contributed by atoms with Crippen LogP contribution >= 0.6 is 0 Å². The number of benzene rings is 2. The number of aryl methyl sites for hydroxylation is 1. The van der Waals surface area contributed by atoms with Crippen molar-refractivity contribution in [3.8, 4) is 5.69 Å². The number of aromatic nitrogens is 2. The van der Waals surface area contributed by atoms with Crippen molar-refractivity contribution in [3.63, 3.8) is 0 Å². The standard InChI is InChI=1S/C18H16F2N2O/c1-10(2)17-12-8-14(19)15(20)9-13(12)18(23)22(21-17)16-7-5-4-6-11(16)3/h4-10H,1-3H3. The molecule has 0 bridgehead atoms. The summed E-state index contributed by atoms with van der Waals surface area (Å²) >= 11 is 0. The van der Waals surface area contributed by atoms with Gasteiger partial charge in [-0.05, 0) is 36.6 Å². The molecule has 0 amide bonds. The van der Waals surface area contributed by atoms with Gasteiger partial charge in [-0.15, -0.1) is 0 Å². The minimum absolute atomic E-state index is 0.0433. The number of hydrogen-bond acceptors (Lipinski definition) is 2. The molecule has 0 radical (unpaired) electrons. The molecule has 0 saturated carbocycles. The average molecular weight is 314 g/mol. The van der Waals surface area contributed by atoms with Crippen molar-refractivity contribution in [1.82, 2.24) is 9.78 Å². The van der Waals surface area contributed by atoms with Crippen molar-refractivity contribution >= 4 is 10.8 Å². The van der Waals surface area contributed by atoms with Crippen LogP contribution in [0.3, 0.4) is 0 Å². The predicted molar refractivity (Wildman–Crippen MR) is 86.1 cm³/mol. The zero-order valence-corrected chi connectivity index (χ0v) is 13.1. The van der Waals surface area contributed by atoms with Crippen molar-refractivity contribution in [2.75, 3.05) is 0 Å². The van der Waals surface area contributed by atoms with Crippen LogP contribution in [0.2, 0.25) is 0 Å². The molecule has 5 heteroatoms. The highest BCUT2D eigenvalue weighted by atomic mass is 19.2. The zero-order chi connectivity index (χ0) is 16.7. The Bertz CT molecular complexity index is 961. The minimum Gasteiger partial charge on any atom is -0.267 e. The summed E-state index contributed by atoms with van der Waals surface area (Å²) in [6.45, 7) is 5.67. The van der Waals surface area contributed by atoms with Crippen LogP contribution in [0.1, 0.15) is 31.0 Å². The summed E-state index contributed by atoms with van der Waals surface area (Å²) in [5, 5.41) is 4.90. The van der Waals surface area contributed by atoms with Crippen LogP contribution in [0.5, 0.6) is 0 Å². The molecular formula is C18H16F2N2O. The Labute approximate surface area is 132 Å². The van der Waals surface area contributed by atoms with Crippen molar-refractivity contribution in [2.45, 2.75) is 26.7 Å². The highest BCUT2D eigenvalue weighted by molar-refractivity contribution is 5.84.